The van der Waals surface area contributed by atoms with Crippen LogP contribution >= 0.6 is 0 Å². The Balaban J connectivity index is 2.78. The van der Waals surface area contributed by atoms with E-state index in [4.69, 9.17) is 5.11 Å². The number of hydrogen-bond donors (Lipinski definition) is 2. The summed E-state index contributed by atoms with van der Waals surface area (Å²) in [6.07, 6.45) is -1.74. The number of anilines is 1. The number of rotatable bonds is 4. The van der Waals surface area contributed by atoms with Crippen LogP contribution in [-0.2, 0) is 4.79 Å². The maximum absolute atomic E-state index is 12.2. The Morgan fingerprint density at radius 1 is 1.53 bits per heavy atom. The van der Waals surface area contributed by atoms with Gasteiger partial charge in [-0.1, -0.05) is 0 Å². The van der Waals surface area contributed by atoms with Crippen LogP contribution in [0.5, 0.6) is 0 Å². The van der Waals surface area contributed by atoms with Crippen LogP contribution in [0.3, 0.4) is 0 Å². The second-order valence-electron chi connectivity index (χ2n) is 2.83. The second kappa shape index (κ2) is 4.63. The van der Waals surface area contributed by atoms with Crippen LogP contribution in [0.4, 0.5) is 14.6 Å². The molecule has 0 aromatic carbocycles. The van der Waals surface area contributed by atoms with Crippen molar-refractivity contribution in [1.82, 2.24) is 9.97 Å². The number of carboxylic acid groups (broad SMARTS) is 1. The Labute approximate surface area is 84.2 Å². The molecule has 1 atom stereocenters. The zero-order chi connectivity index (χ0) is 11.4. The molecule has 0 radical (unpaired) electrons. The van der Waals surface area contributed by atoms with Crippen molar-refractivity contribution in [3.63, 3.8) is 0 Å². The minimum Gasteiger partial charge on any atom is -0.480 e. The molecule has 0 spiro atoms. The van der Waals surface area contributed by atoms with E-state index in [2.05, 4.69) is 15.3 Å². The molecular formula is C8H9F2N3O2. The number of hydrogen-bond acceptors (Lipinski definition) is 4. The Kier molecular flexibility index (Phi) is 3.48. The number of halogens is 2. The van der Waals surface area contributed by atoms with E-state index < -0.39 is 24.1 Å². The molecule has 0 aliphatic carbocycles. The summed E-state index contributed by atoms with van der Waals surface area (Å²) in [6.45, 7) is 1.38. The van der Waals surface area contributed by atoms with Crippen LogP contribution in [-0.4, -0.2) is 27.1 Å². The van der Waals surface area contributed by atoms with Gasteiger partial charge in [0.15, 0.2) is 0 Å². The van der Waals surface area contributed by atoms with Gasteiger partial charge in [0.05, 0.1) is 0 Å². The molecule has 0 aliphatic heterocycles. The highest BCUT2D eigenvalue weighted by Crippen LogP contribution is 2.17. The number of carboxylic acids is 1. The average molecular weight is 217 g/mol. The van der Waals surface area contributed by atoms with Crippen molar-refractivity contribution in [2.45, 2.75) is 19.4 Å². The van der Waals surface area contributed by atoms with Gasteiger partial charge in [-0.15, -0.1) is 0 Å². The normalized spacial score (nSPS) is 12.5. The van der Waals surface area contributed by atoms with E-state index in [0.717, 1.165) is 12.4 Å². The summed E-state index contributed by atoms with van der Waals surface area (Å²) in [5.41, 5.74) is -0.440. The Hall–Kier alpha value is -1.79. The standard InChI is InChI=1S/C8H9F2N3O2/c1-4(8(14)15)13-6-2-5(7(9)10)11-3-12-6/h2-4,7H,1H3,(H,14,15)(H,11,12,13). The molecule has 1 unspecified atom stereocenters. The fourth-order valence-electron chi connectivity index (χ4n) is 0.854. The fraction of sp³-hybridized carbons (Fsp3) is 0.375. The van der Waals surface area contributed by atoms with Crippen molar-refractivity contribution in [1.29, 1.82) is 0 Å². The first kappa shape index (κ1) is 11.3. The van der Waals surface area contributed by atoms with Gasteiger partial charge in [0.1, 0.15) is 23.9 Å². The van der Waals surface area contributed by atoms with Crippen LogP contribution < -0.4 is 5.32 Å². The van der Waals surface area contributed by atoms with Gasteiger partial charge in [-0.25, -0.2) is 18.7 Å². The largest absolute Gasteiger partial charge is 0.480 e. The summed E-state index contributed by atoms with van der Waals surface area (Å²) < 4.78 is 24.4. The zero-order valence-corrected chi connectivity index (χ0v) is 7.82. The monoisotopic (exact) mass is 217 g/mol. The molecule has 0 saturated carbocycles. The molecule has 2 N–H and O–H groups in total. The predicted molar refractivity (Wildman–Crippen MR) is 47.7 cm³/mol. The number of alkyl halides is 2. The summed E-state index contributed by atoms with van der Waals surface area (Å²) in [5.74, 6) is -1.03. The van der Waals surface area contributed by atoms with E-state index in [1.807, 2.05) is 0 Å². The molecule has 0 fully saturated rings. The molecule has 82 valence electrons. The lowest BCUT2D eigenvalue weighted by atomic mass is 10.3. The zero-order valence-electron chi connectivity index (χ0n) is 7.82. The lowest BCUT2D eigenvalue weighted by molar-refractivity contribution is -0.137. The van der Waals surface area contributed by atoms with Crippen molar-refractivity contribution in [3.8, 4) is 0 Å². The molecule has 7 heteroatoms. The minimum absolute atomic E-state index is 0.0650. The quantitative estimate of drug-likeness (QED) is 0.795. The third kappa shape index (κ3) is 3.12. The van der Waals surface area contributed by atoms with Crippen LogP contribution in [0, 0.1) is 0 Å². The predicted octanol–water partition coefficient (Wildman–Crippen LogP) is 1.30. The van der Waals surface area contributed by atoms with Gasteiger partial charge < -0.3 is 10.4 Å². The van der Waals surface area contributed by atoms with E-state index in [0.29, 0.717) is 0 Å². The lowest BCUT2D eigenvalue weighted by Crippen LogP contribution is -2.25. The number of aromatic nitrogens is 2. The summed E-state index contributed by atoms with van der Waals surface area (Å²) in [4.78, 5) is 17.4. The van der Waals surface area contributed by atoms with Gasteiger partial charge in [-0.05, 0) is 6.92 Å². The first-order valence-electron chi connectivity index (χ1n) is 4.10. The van der Waals surface area contributed by atoms with Gasteiger partial charge in [-0.2, -0.15) is 0 Å². The molecular weight excluding hydrogens is 208 g/mol. The molecule has 0 bridgehead atoms. The van der Waals surface area contributed by atoms with E-state index in [1.165, 1.54) is 6.92 Å². The van der Waals surface area contributed by atoms with Gasteiger partial charge in [-0.3, -0.25) is 4.79 Å². The number of aliphatic carboxylic acids is 1. The molecule has 1 heterocycles. The molecule has 1 aromatic heterocycles. The highest BCUT2D eigenvalue weighted by Gasteiger charge is 2.13. The topological polar surface area (TPSA) is 75.1 Å². The SMILES string of the molecule is CC(Nc1cc(C(F)F)ncn1)C(=O)O. The third-order valence-electron chi connectivity index (χ3n) is 1.65. The second-order valence-corrected chi connectivity index (χ2v) is 2.83. The van der Waals surface area contributed by atoms with Crippen molar-refractivity contribution in [3.05, 3.63) is 18.1 Å². The molecule has 0 amide bonds. The Morgan fingerprint density at radius 2 is 2.20 bits per heavy atom. The van der Waals surface area contributed by atoms with E-state index >= 15 is 0 Å². The van der Waals surface area contributed by atoms with Gasteiger partial charge >= 0.3 is 5.97 Å². The average Bonchev–Trinajstić information content (AvgIpc) is 2.18. The Morgan fingerprint density at radius 3 is 2.73 bits per heavy atom. The van der Waals surface area contributed by atoms with E-state index in [-0.39, 0.29) is 5.82 Å². The Bertz CT molecular complexity index is 359. The van der Waals surface area contributed by atoms with Crippen molar-refractivity contribution < 1.29 is 18.7 Å². The van der Waals surface area contributed by atoms with Crippen LogP contribution in [0.25, 0.3) is 0 Å². The fourth-order valence-corrected chi connectivity index (χ4v) is 0.854. The lowest BCUT2D eigenvalue weighted by Gasteiger charge is -2.09. The molecule has 1 aromatic rings. The van der Waals surface area contributed by atoms with Crippen molar-refractivity contribution in [2.75, 3.05) is 5.32 Å². The van der Waals surface area contributed by atoms with E-state index in [1.54, 1.807) is 0 Å². The summed E-state index contributed by atoms with van der Waals surface area (Å²) in [6, 6.07) is 0.120. The highest BCUT2D eigenvalue weighted by atomic mass is 19.3. The van der Waals surface area contributed by atoms with Crippen molar-refractivity contribution >= 4 is 11.8 Å². The summed E-state index contributed by atoms with van der Waals surface area (Å²) in [5, 5.41) is 11.0. The first-order valence-corrected chi connectivity index (χ1v) is 4.10. The molecule has 1 rings (SSSR count). The summed E-state index contributed by atoms with van der Waals surface area (Å²) >= 11 is 0. The molecule has 0 aliphatic rings. The van der Waals surface area contributed by atoms with Crippen LogP contribution in [0.15, 0.2) is 12.4 Å². The third-order valence-corrected chi connectivity index (χ3v) is 1.65. The van der Waals surface area contributed by atoms with E-state index in [9.17, 15) is 13.6 Å². The molecule has 15 heavy (non-hydrogen) atoms. The van der Waals surface area contributed by atoms with Crippen molar-refractivity contribution in [2.24, 2.45) is 0 Å². The number of carbonyl (C=O) groups is 1. The number of nitrogens with one attached hydrogen (secondary N) is 1. The van der Waals surface area contributed by atoms with Gasteiger partial charge in [0.2, 0.25) is 0 Å². The van der Waals surface area contributed by atoms with Gasteiger partial charge in [0.25, 0.3) is 6.43 Å². The number of nitrogens with zero attached hydrogens (tertiary/aromatic N) is 2. The molecule has 0 saturated heterocycles. The smallest absolute Gasteiger partial charge is 0.325 e. The van der Waals surface area contributed by atoms with Crippen LogP contribution in [0.1, 0.15) is 19.0 Å². The van der Waals surface area contributed by atoms with Gasteiger partial charge in [0, 0.05) is 6.07 Å². The molecule has 5 nitrogen and oxygen atoms in total. The maximum Gasteiger partial charge on any atom is 0.325 e. The minimum atomic E-state index is -2.70. The highest BCUT2D eigenvalue weighted by molar-refractivity contribution is 5.76. The summed E-state index contributed by atoms with van der Waals surface area (Å²) in [7, 11) is 0. The first-order chi connectivity index (χ1) is 7.00. The van der Waals surface area contributed by atoms with Crippen LogP contribution in [0.2, 0.25) is 0 Å². The maximum atomic E-state index is 12.2.